The molecule has 6 rings (SSSR count). The summed E-state index contributed by atoms with van der Waals surface area (Å²) in [6.07, 6.45) is 3.77. The minimum absolute atomic E-state index is 0.233. The summed E-state index contributed by atoms with van der Waals surface area (Å²) in [4.78, 5) is 29.3. The second-order valence-electron chi connectivity index (χ2n) is 11.2. The highest BCUT2D eigenvalue weighted by atomic mass is 19.1. The van der Waals surface area contributed by atoms with Gasteiger partial charge in [0.05, 0.1) is 17.3 Å². The largest absolute Gasteiger partial charge is 0.354 e. The fraction of sp³-hybridized carbons (Fsp3) is 0.222. The lowest BCUT2D eigenvalue weighted by atomic mass is 9.98. The first-order valence-electron chi connectivity index (χ1n) is 14.8. The third kappa shape index (κ3) is 6.52. The third-order valence-electron chi connectivity index (χ3n) is 8.11. The van der Waals surface area contributed by atoms with Crippen LogP contribution in [0.3, 0.4) is 0 Å². The van der Waals surface area contributed by atoms with E-state index in [-0.39, 0.29) is 23.7 Å². The van der Waals surface area contributed by atoms with Gasteiger partial charge in [0.15, 0.2) is 0 Å². The van der Waals surface area contributed by atoms with Crippen molar-refractivity contribution in [3.05, 3.63) is 131 Å². The number of rotatable bonds is 8. The summed E-state index contributed by atoms with van der Waals surface area (Å²) >= 11 is 0. The average molecular weight is 575 g/mol. The molecule has 3 N–H and O–H groups in total. The number of hydrogen-bond donors (Lipinski definition) is 3. The van der Waals surface area contributed by atoms with Gasteiger partial charge < -0.3 is 16.0 Å². The average Bonchev–Trinajstić information content (AvgIpc) is 3.36. The van der Waals surface area contributed by atoms with Crippen molar-refractivity contribution in [2.24, 2.45) is 0 Å². The van der Waals surface area contributed by atoms with Crippen molar-refractivity contribution >= 4 is 34.5 Å². The van der Waals surface area contributed by atoms with E-state index in [1.807, 2.05) is 49.4 Å². The van der Waals surface area contributed by atoms with Gasteiger partial charge in [0.2, 0.25) is 0 Å². The summed E-state index contributed by atoms with van der Waals surface area (Å²) in [7, 11) is 0. The Hall–Kier alpha value is -4.75. The molecule has 6 nitrogen and oxygen atoms in total. The zero-order chi connectivity index (χ0) is 29.8. The molecule has 2 aliphatic rings. The van der Waals surface area contributed by atoms with E-state index in [1.165, 1.54) is 37.0 Å². The van der Waals surface area contributed by atoms with E-state index >= 15 is 0 Å². The highest BCUT2D eigenvalue weighted by Gasteiger charge is 2.29. The van der Waals surface area contributed by atoms with Gasteiger partial charge in [-0.1, -0.05) is 61.0 Å². The van der Waals surface area contributed by atoms with Gasteiger partial charge >= 0.3 is 0 Å². The Bertz CT molecular complexity index is 1660. The molecule has 2 amide bonds. The van der Waals surface area contributed by atoms with Crippen LogP contribution in [0.1, 0.15) is 64.8 Å². The summed E-state index contributed by atoms with van der Waals surface area (Å²) in [5.74, 6) is -0.838. The summed E-state index contributed by atoms with van der Waals surface area (Å²) in [6.45, 7) is 4.98. The highest BCUT2D eigenvalue weighted by Crippen LogP contribution is 2.38. The molecule has 1 saturated heterocycles. The summed E-state index contributed by atoms with van der Waals surface area (Å²) in [6, 6.07) is 29.1. The number of benzene rings is 4. The van der Waals surface area contributed by atoms with Crippen LogP contribution in [0.15, 0.2) is 97.1 Å². The number of piperidine rings is 1. The Balaban J connectivity index is 1.32. The van der Waals surface area contributed by atoms with E-state index in [9.17, 15) is 14.0 Å². The molecule has 7 heteroatoms. The normalized spacial score (nSPS) is 16.7. The Morgan fingerprint density at radius 2 is 1.65 bits per heavy atom. The van der Waals surface area contributed by atoms with Gasteiger partial charge in [-0.3, -0.25) is 14.5 Å². The van der Waals surface area contributed by atoms with Crippen molar-refractivity contribution in [2.45, 2.75) is 38.8 Å². The van der Waals surface area contributed by atoms with Gasteiger partial charge in [0.1, 0.15) is 5.82 Å². The topological polar surface area (TPSA) is 73.5 Å². The van der Waals surface area contributed by atoms with E-state index in [4.69, 9.17) is 0 Å². The van der Waals surface area contributed by atoms with Crippen LogP contribution < -0.4 is 16.0 Å². The lowest BCUT2D eigenvalue weighted by Crippen LogP contribution is -2.29. The number of anilines is 2. The zero-order valence-corrected chi connectivity index (χ0v) is 24.2. The predicted octanol–water partition coefficient (Wildman–Crippen LogP) is 7.24. The molecule has 0 bridgehead atoms. The Kier molecular flexibility index (Phi) is 8.34. The van der Waals surface area contributed by atoms with E-state index in [2.05, 4.69) is 33.0 Å². The lowest BCUT2D eigenvalue weighted by Gasteiger charge is -2.26. The highest BCUT2D eigenvalue weighted by molar-refractivity contribution is 6.37. The second kappa shape index (κ2) is 12.6. The van der Waals surface area contributed by atoms with Gasteiger partial charge in [-0.2, -0.15) is 0 Å². The van der Waals surface area contributed by atoms with Crippen molar-refractivity contribution in [1.29, 1.82) is 0 Å². The molecule has 4 aromatic carbocycles. The first-order valence-corrected chi connectivity index (χ1v) is 14.8. The Morgan fingerprint density at radius 3 is 2.42 bits per heavy atom. The molecule has 2 aliphatic heterocycles. The molecule has 1 fully saturated rings. The summed E-state index contributed by atoms with van der Waals surface area (Å²) in [5, 5.41) is 9.53. The molecule has 0 saturated carbocycles. The van der Waals surface area contributed by atoms with Crippen LogP contribution in [0.4, 0.5) is 15.8 Å². The number of halogens is 1. The van der Waals surface area contributed by atoms with Crippen LogP contribution in [0, 0.1) is 5.82 Å². The molecule has 4 aromatic rings. The number of nitrogens with one attached hydrogen (secondary N) is 3. The molecule has 0 spiro atoms. The maximum absolute atomic E-state index is 13.5. The molecular weight excluding hydrogens is 539 g/mol. The predicted molar refractivity (Wildman–Crippen MR) is 170 cm³/mol. The van der Waals surface area contributed by atoms with Crippen LogP contribution in [-0.2, 0) is 11.3 Å². The summed E-state index contributed by atoms with van der Waals surface area (Å²) in [5.41, 5.74) is 6.65. The smallest absolute Gasteiger partial charge is 0.258 e. The van der Waals surface area contributed by atoms with E-state index in [0.717, 1.165) is 36.4 Å². The molecular formula is C36H35FN4O2. The molecule has 0 unspecified atom stereocenters. The van der Waals surface area contributed by atoms with Crippen molar-refractivity contribution in [2.75, 3.05) is 23.7 Å². The molecule has 2 heterocycles. The third-order valence-corrected chi connectivity index (χ3v) is 8.11. The van der Waals surface area contributed by atoms with Crippen LogP contribution in [0.25, 0.3) is 11.3 Å². The summed E-state index contributed by atoms with van der Waals surface area (Å²) < 4.78 is 13.4. The molecule has 0 aromatic heterocycles. The lowest BCUT2D eigenvalue weighted by molar-refractivity contribution is -0.110. The molecule has 0 radical (unpaired) electrons. The zero-order valence-electron chi connectivity index (χ0n) is 24.2. The van der Waals surface area contributed by atoms with E-state index < -0.39 is 0 Å². The SMILES string of the molecule is C[C@H](NC(=O)c1ccc2c(c1)C(=C(Nc1cccc(CN3CCCCC3)c1)c1ccccc1)C(=O)N2)c1ccc(F)cc1. The second-order valence-corrected chi connectivity index (χ2v) is 11.2. The first kappa shape index (κ1) is 28.4. The van der Waals surface area contributed by atoms with E-state index in [1.54, 1.807) is 30.3 Å². The van der Waals surface area contributed by atoms with Crippen molar-refractivity contribution in [3.8, 4) is 0 Å². The van der Waals surface area contributed by atoms with Gasteiger partial charge in [-0.05, 0) is 92.0 Å². The number of carbonyl (C=O) groups excluding carboxylic acids is 2. The van der Waals surface area contributed by atoms with Crippen molar-refractivity contribution < 1.29 is 14.0 Å². The van der Waals surface area contributed by atoms with Crippen LogP contribution >= 0.6 is 0 Å². The molecule has 43 heavy (non-hydrogen) atoms. The number of nitrogens with zero attached hydrogens (tertiary/aromatic N) is 1. The number of likely N-dealkylation sites (tertiary alicyclic amines) is 1. The maximum Gasteiger partial charge on any atom is 0.258 e. The first-order chi connectivity index (χ1) is 20.9. The van der Waals surface area contributed by atoms with Crippen LogP contribution in [0.5, 0.6) is 0 Å². The van der Waals surface area contributed by atoms with Crippen LogP contribution in [-0.4, -0.2) is 29.8 Å². The number of carbonyl (C=O) groups is 2. The van der Waals surface area contributed by atoms with Gasteiger partial charge in [-0.25, -0.2) is 4.39 Å². The fourth-order valence-corrected chi connectivity index (χ4v) is 5.82. The minimum Gasteiger partial charge on any atom is -0.354 e. The Labute approximate surface area is 251 Å². The Morgan fingerprint density at radius 1 is 0.884 bits per heavy atom. The monoisotopic (exact) mass is 574 g/mol. The van der Waals surface area contributed by atoms with E-state index in [0.29, 0.717) is 28.1 Å². The minimum atomic E-state index is -0.325. The van der Waals surface area contributed by atoms with Crippen molar-refractivity contribution in [1.82, 2.24) is 10.2 Å². The molecule has 218 valence electrons. The molecule has 1 atom stereocenters. The maximum atomic E-state index is 13.5. The standard InChI is InChI=1S/C36H35FN4O2/c1-24(26-13-16-29(37)17-14-26)38-35(42)28-15-18-32-31(22-28)33(36(43)40-32)34(27-10-4-2-5-11-27)39-30-12-8-9-25(21-30)23-41-19-6-3-7-20-41/h2,4-5,8-18,21-22,24,39H,3,6-7,19-20,23H2,1H3,(H,38,42)(H,40,43)/t24-/m0/s1. The number of fused-ring (bicyclic) bond motifs is 1. The van der Waals surface area contributed by atoms with Gasteiger partial charge in [0, 0.05) is 29.0 Å². The number of amides is 2. The number of hydrogen-bond acceptors (Lipinski definition) is 4. The fourth-order valence-electron chi connectivity index (χ4n) is 5.82. The quantitative estimate of drug-likeness (QED) is 0.194. The van der Waals surface area contributed by atoms with Crippen LogP contribution in [0.2, 0.25) is 0 Å². The van der Waals surface area contributed by atoms with Gasteiger partial charge in [-0.15, -0.1) is 0 Å². The molecule has 0 aliphatic carbocycles. The van der Waals surface area contributed by atoms with Gasteiger partial charge in [0.25, 0.3) is 11.8 Å². The van der Waals surface area contributed by atoms with Crippen molar-refractivity contribution in [3.63, 3.8) is 0 Å².